The van der Waals surface area contributed by atoms with E-state index in [2.05, 4.69) is 5.32 Å². The van der Waals surface area contributed by atoms with Crippen molar-refractivity contribution in [3.8, 4) is 11.5 Å². The van der Waals surface area contributed by atoms with Crippen LogP contribution >= 0.6 is 0 Å². The predicted octanol–water partition coefficient (Wildman–Crippen LogP) is 5.89. The summed E-state index contributed by atoms with van der Waals surface area (Å²) in [5.41, 5.74) is 1.85. The molecule has 0 fully saturated rings. The molecule has 0 spiro atoms. The number of nitrogens with one attached hydrogen (secondary N) is 1. The van der Waals surface area contributed by atoms with Gasteiger partial charge in [0.15, 0.2) is 6.10 Å². The first-order chi connectivity index (χ1) is 14.4. The highest BCUT2D eigenvalue weighted by atomic mass is 19.1. The van der Waals surface area contributed by atoms with E-state index in [1.807, 2.05) is 19.1 Å². The lowest BCUT2D eigenvalue weighted by atomic mass is 10.1. The summed E-state index contributed by atoms with van der Waals surface area (Å²) >= 11 is 0. The topological polar surface area (TPSA) is 47.6 Å². The van der Waals surface area contributed by atoms with E-state index in [4.69, 9.17) is 9.47 Å². The Morgan fingerprint density at radius 1 is 0.967 bits per heavy atom. The standard InChI is InChI=1S/C24H21F2NO3/c1-16-7-9-18(10-8-16)15-23(26)30-20-13-11-19(12-14-20)29-17(2)24(28)27-22-6-4-3-5-21(22)25/h3-15,17H,1-2H3,(H,27,28)/b23-15+/t17-/m1/s1. The zero-order chi connectivity index (χ0) is 21.5. The third-order valence-electron chi connectivity index (χ3n) is 4.21. The number of benzene rings is 3. The number of carbonyl (C=O) groups excluding carboxylic acids is 1. The van der Waals surface area contributed by atoms with Crippen molar-refractivity contribution in [1.82, 2.24) is 0 Å². The van der Waals surface area contributed by atoms with Gasteiger partial charge in [0.25, 0.3) is 11.9 Å². The smallest absolute Gasteiger partial charge is 0.278 e. The molecule has 0 saturated heterocycles. The summed E-state index contributed by atoms with van der Waals surface area (Å²) in [5.74, 6) is -0.346. The van der Waals surface area contributed by atoms with Crippen LogP contribution in [0.25, 0.3) is 6.08 Å². The number of rotatable bonds is 7. The van der Waals surface area contributed by atoms with E-state index in [1.165, 1.54) is 36.4 Å². The highest BCUT2D eigenvalue weighted by Gasteiger charge is 2.16. The first kappa shape index (κ1) is 21.0. The number of aryl methyl sites for hydroxylation is 1. The van der Waals surface area contributed by atoms with Crippen LogP contribution in [0.1, 0.15) is 18.1 Å². The van der Waals surface area contributed by atoms with Gasteiger partial charge < -0.3 is 14.8 Å². The lowest BCUT2D eigenvalue weighted by Gasteiger charge is -2.15. The van der Waals surface area contributed by atoms with Crippen LogP contribution in [0.3, 0.4) is 0 Å². The number of ether oxygens (including phenoxy) is 2. The van der Waals surface area contributed by atoms with Gasteiger partial charge in [0.2, 0.25) is 0 Å². The highest BCUT2D eigenvalue weighted by molar-refractivity contribution is 5.94. The summed E-state index contributed by atoms with van der Waals surface area (Å²) in [7, 11) is 0. The second-order valence-corrected chi connectivity index (χ2v) is 6.66. The minimum absolute atomic E-state index is 0.0811. The van der Waals surface area contributed by atoms with Crippen LogP contribution in [0.15, 0.2) is 78.8 Å². The molecule has 154 valence electrons. The number of carbonyl (C=O) groups is 1. The number of amides is 1. The van der Waals surface area contributed by atoms with Crippen molar-refractivity contribution in [2.75, 3.05) is 5.32 Å². The van der Waals surface area contributed by atoms with Crippen molar-refractivity contribution in [3.63, 3.8) is 0 Å². The number of hydrogen-bond acceptors (Lipinski definition) is 3. The molecule has 1 N–H and O–H groups in total. The van der Waals surface area contributed by atoms with Crippen molar-refractivity contribution >= 4 is 17.7 Å². The molecule has 3 rings (SSSR count). The minimum Gasteiger partial charge on any atom is -0.481 e. The summed E-state index contributed by atoms with van der Waals surface area (Å²) in [6, 6.07) is 18.7. The van der Waals surface area contributed by atoms with Crippen LogP contribution in [-0.2, 0) is 4.79 Å². The van der Waals surface area contributed by atoms with Gasteiger partial charge in [-0.25, -0.2) is 4.39 Å². The molecule has 3 aromatic carbocycles. The van der Waals surface area contributed by atoms with Gasteiger partial charge in [0.05, 0.1) is 5.69 Å². The Bertz CT molecular complexity index is 1030. The summed E-state index contributed by atoms with van der Waals surface area (Å²) in [5, 5.41) is 2.47. The fourth-order valence-electron chi connectivity index (χ4n) is 2.58. The van der Waals surface area contributed by atoms with E-state index in [1.54, 1.807) is 37.3 Å². The molecule has 4 nitrogen and oxygen atoms in total. The van der Waals surface area contributed by atoms with Gasteiger partial charge in [0, 0.05) is 6.08 Å². The molecule has 0 aliphatic carbocycles. The van der Waals surface area contributed by atoms with Crippen LogP contribution in [0, 0.1) is 12.7 Å². The van der Waals surface area contributed by atoms with Gasteiger partial charge in [0.1, 0.15) is 17.3 Å². The fourth-order valence-corrected chi connectivity index (χ4v) is 2.58. The SMILES string of the molecule is Cc1ccc(/C=C(\F)Oc2ccc(O[C@H](C)C(=O)Nc3ccccc3F)cc2)cc1. The lowest BCUT2D eigenvalue weighted by Crippen LogP contribution is -2.30. The van der Waals surface area contributed by atoms with E-state index in [9.17, 15) is 13.6 Å². The molecule has 0 heterocycles. The lowest BCUT2D eigenvalue weighted by molar-refractivity contribution is -0.122. The number of anilines is 1. The molecule has 1 atom stereocenters. The van der Waals surface area contributed by atoms with Crippen molar-refractivity contribution in [3.05, 3.63) is 95.8 Å². The molecule has 0 saturated carbocycles. The second kappa shape index (κ2) is 9.69. The first-order valence-corrected chi connectivity index (χ1v) is 9.34. The Hall–Kier alpha value is -3.67. The quantitative estimate of drug-likeness (QED) is 0.495. The molecular formula is C24H21F2NO3. The Labute approximate surface area is 173 Å². The maximum absolute atomic E-state index is 14.1. The first-order valence-electron chi connectivity index (χ1n) is 9.34. The third-order valence-corrected chi connectivity index (χ3v) is 4.21. The summed E-state index contributed by atoms with van der Waals surface area (Å²) < 4.78 is 38.4. The van der Waals surface area contributed by atoms with Gasteiger partial charge in [-0.1, -0.05) is 42.0 Å². The highest BCUT2D eigenvalue weighted by Crippen LogP contribution is 2.22. The van der Waals surface area contributed by atoms with Crippen LogP contribution < -0.4 is 14.8 Å². The largest absolute Gasteiger partial charge is 0.481 e. The second-order valence-electron chi connectivity index (χ2n) is 6.66. The molecular weight excluding hydrogens is 388 g/mol. The van der Waals surface area contributed by atoms with Gasteiger partial charge in [-0.15, -0.1) is 0 Å². The predicted molar refractivity (Wildman–Crippen MR) is 112 cm³/mol. The van der Waals surface area contributed by atoms with E-state index < -0.39 is 23.8 Å². The van der Waals surface area contributed by atoms with E-state index in [0.29, 0.717) is 11.3 Å². The van der Waals surface area contributed by atoms with Gasteiger partial charge in [-0.05, 0) is 55.8 Å². The molecule has 0 aliphatic rings. The van der Waals surface area contributed by atoms with Crippen molar-refractivity contribution in [2.24, 2.45) is 0 Å². The maximum atomic E-state index is 14.1. The fraction of sp³-hybridized carbons (Fsp3) is 0.125. The zero-order valence-electron chi connectivity index (χ0n) is 16.6. The molecule has 6 heteroatoms. The van der Waals surface area contributed by atoms with Crippen molar-refractivity contribution in [1.29, 1.82) is 0 Å². The van der Waals surface area contributed by atoms with E-state index in [0.717, 1.165) is 5.56 Å². The Morgan fingerprint density at radius 3 is 2.27 bits per heavy atom. The molecule has 0 unspecified atom stereocenters. The number of halogens is 2. The normalized spacial score (nSPS) is 12.2. The van der Waals surface area contributed by atoms with Crippen molar-refractivity contribution in [2.45, 2.75) is 20.0 Å². The van der Waals surface area contributed by atoms with Gasteiger partial charge >= 0.3 is 0 Å². The average Bonchev–Trinajstić information content (AvgIpc) is 2.73. The molecule has 30 heavy (non-hydrogen) atoms. The Morgan fingerprint density at radius 2 is 1.60 bits per heavy atom. The Kier molecular flexibility index (Phi) is 6.80. The molecule has 0 aromatic heterocycles. The molecule has 0 aliphatic heterocycles. The average molecular weight is 409 g/mol. The van der Waals surface area contributed by atoms with E-state index in [-0.39, 0.29) is 11.4 Å². The van der Waals surface area contributed by atoms with Crippen molar-refractivity contribution < 1.29 is 23.0 Å². The van der Waals surface area contributed by atoms with Gasteiger partial charge in [-0.3, -0.25) is 4.79 Å². The maximum Gasteiger partial charge on any atom is 0.278 e. The molecule has 3 aromatic rings. The number of hydrogen-bond donors (Lipinski definition) is 1. The summed E-state index contributed by atoms with van der Waals surface area (Å²) in [6.07, 6.45) is 0.424. The van der Waals surface area contributed by atoms with Crippen LogP contribution in [-0.4, -0.2) is 12.0 Å². The summed E-state index contributed by atoms with van der Waals surface area (Å²) in [4.78, 5) is 12.2. The Balaban J connectivity index is 1.56. The van der Waals surface area contributed by atoms with Crippen LogP contribution in [0.4, 0.5) is 14.5 Å². The van der Waals surface area contributed by atoms with E-state index >= 15 is 0 Å². The zero-order valence-corrected chi connectivity index (χ0v) is 16.6. The van der Waals surface area contributed by atoms with Gasteiger partial charge in [-0.2, -0.15) is 4.39 Å². The molecule has 0 bridgehead atoms. The molecule has 0 radical (unpaired) electrons. The minimum atomic E-state index is -0.866. The van der Waals surface area contributed by atoms with Crippen LogP contribution in [0.5, 0.6) is 11.5 Å². The third kappa shape index (κ3) is 5.91. The monoisotopic (exact) mass is 409 g/mol. The van der Waals surface area contributed by atoms with Crippen LogP contribution in [0.2, 0.25) is 0 Å². The molecule has 1 amide bonds. The summed E-state index contributed by atoms with van der Waals surface area (Å²) in [6.45, 7) is 3.50. The number of para-hydroxylation sites is 1.